The molecule has 2 atom stereocenters. The van der Waals surface area contributed by atoms with Crippen molar-refractivity contribution in [3.05, 3.63) is 129 Å². The van der Waals surface area contributed by atoms with Crippen LogP contribution in [0, 0.1) is 16.0 Å². The number of alkyl halides is 3. The molecule has 4 aromatic carbocycles. The van der Waals surface area contributed by atoms with E-state index in [0.29, 0.717) is 17.5 Å². The number of benzene rings is 4. The van der Waals surface area contributed by atoms with Crippen molar-refractivity contribution in [3.63, 3.8) is 0 Å². The number of esters is 1. The summed E-state index contributed by atoms with van der Waals surface area (Å²) < 4.78 is 44.7. The van der Waals surface area contributed by atoms with Gasteiger partial charge in [-0.15, -0.1) is 0 Å². The van der Waals surface area contributed by atoms with E-state index in [1.807, 2.05) is 6.07 Å². The fraction of sp³-hybridized carbons (Fsp3) is 0.103. The third kappa shape index (κ3) is 5.14. The first-order chi connectivity index (χ1) is 19.5. The average molecular weight is 563 g/mol. The molecule has 0 bridgehead atoms. The minimum Gasteiger partial charge on any atom is -0.871 e. The number of anilines is 1. The summed E-state index contributed by atoms with van der Waals surface area (Å²) in [4.78, 5) is 36.7. The fourth-order valence-corrected chi connectivity index (χ4v) is 4.64. The number of aliphatic hydroxyl groups is 1. The second-order valence-corrected chi connectivity index (χ2v) is 9.14. The number of rotatable bonds is 7. The molecule has 5 rings (SSSR count). The van der Waals surface area contributed by atoms with Gasteiger partial charge in [0.25, 0.3) is 5.69 Å². The molecule has 1 aliphatic rings. The van der Waals surface area contributed by atoms with E-state index in [1.165, 1.54) is 24.3 Å². The molecule has 1 heterocycles. The fourth-order valence-electron chi connectivity index (χ4n) is 4.64. The van der Waals surface area contributed by atoms with Crippen molar-refractivity contribution in [1.82, 2.24) is 0 Å². The summed E-state index contributed by atoms with van der Waals surface area (Å²) in [5, 5.41) is 39.4. The quantitative estimate of drug-likeness (QED) is 0.0962. The first-order valence-electron chi connectivity index (χ1n) is 12.0. The highest BCUT2D eigenvalue weighted by Gasteiger charge is 2.41. The number of Topliss-reactive ketones (excluding diaryl/α,β-unsaturated/α-hetero) is 1. The molecule has 0 fully saturated rings. The van der Waals surface area contributed by atoms with Crippen LogP contribution in [0.5, 0.6) is 0 Å². The standard InChI is InChI=1S/C29H19F3N2O7/c30-29(31,32)18-11-12-21(22(14-18)34(39)40)33-27(37)25(36)23(26-19-7-3-4-8-20(19)28(38)41-26)24(35)17-10-9-15-5-1-2-6-16(15)13-17/h1-14,23,26,33,36-37H/p-1. The smallest absolute Gasteiger partial charge is 0.416 e. The van der Waals surface area contributed by atoms with Gasteiger partial charge in [-0.2, -0.15) is 13.2 Å². The largest absolute Gasteiger partial charge is 0.871 e. The predicted molar refractivity (Wildman–Crippen MR) is 138 cm³/mol. The molecule has 0 amide bonds. The Balaban J connectivity index is 1.60. The second-order valence-electron chi connectivity index (χ2n) is 9.14. The molecule has 0 radical (unpaired) electrons. The van der Waals surface area contributed by atoms with E-state index in [9.17, 15) is 43.1 Å². The summed E-state index contributed by atoms with van der Waals surface area (Å²) in [6.07, 6.45) is -6.35. The van der Waals surface area contributed by atoms with E-state index in [-0.39, 0.29) is 22.8 Å². The highest BCUT2D eigenvalue weighted by atomic mass is 19.4. The number of cyclic esters (lactones) is 1. The number of hydrogen-bond donors (Lipinski definition) is 2. The van der Waals surface area contributed by atoms with Crippen LogP contribution in [0.3, 0.4) is 0 Å². The van der Waals surface area contributed by atoms with E-state index in [2.05, 4.69) is 5.32 Å². The lowest BCUT2D eigenvalue weighted by Crippen LogP contribution is -2.32. The highest BCUT2D eigenvalue weighted by molar-refractivity contribution is 6.04. The van der Waals surface area contributed by atoms with Crippen molar-refractivity contribution in [2.24, 2.45) is 5.92 Å². The molecule has 0 spiro atoms. The van der Waals surface area contributed by atoms with Crippen LogP contribution in [0.4, 0.5) is 24.5 Å². The Morgan fingerprint density at radius 2 is 1.66 bits per heavy atom. The normalized spacial score (nSPS) is 16.0. The number of nitro benzene ring substituents is 1. The van der Waals surface area contributed by atoms with Crippen molar-refractivity contribution >= 4 is 33.9 Å². The van der Waals surface area contributed by atoms with Gasteiger partial charge < -0.3 is 20.3 Å². The summed E-state index contributed by atoms with van der Waals surface area (Å²) in [6, 6.07) is 19.2. The van der Waals surface area contributed by atoms with E-state index in [4.69, 9.17) is 4.74 Å². The van der Waals surface area contributed by atoms with Crippen LogP contribution in [0.1, 0.15) is 37.9 Å². The van der Waals surface area contributed by atoms with Gasteiger partial charge in [-0.25, -0.2) is 4.79 Å². The van der Waals surface area contributed by atoms with E-state index in [1.54, 1.807) is 36.4 Å². The van der Waals surface area contributed by atoms with Crippen molar-refractivity contribution in [2.75, 3.05) is 5.32 Å². The maximum absolute atomic E-state index is 13.8. The molecule has 9 nitrogen and oxygen atoms in total. The molecule has 0 aliphatic carbocycles. The number of nitrogens with zero attached hydrogens (tertiary/aromatic N) is 1. The minimum atomic E-state index is -4.89. The Kier molecular flexibility index (Phi) is 6.83. The van der Waals surface area contributed by atoms with E-state index >= 15 is 0 Å². The third-order valence-electron chi connectivity index (χ3n) is 6.63. The molecule has 1 aliphatic heterocycles. The zero-order valence-electron chi connectivity index (χ0n) is 20.7. The van der Waals surface area contributed by atoms with Crippen LogP contribution in [0.15, 0.2) is 96.6 Å². The van der Waals surface area contributed by atoms with Crippen LogP contribution < -0.4 is 10.4 Å². The van der Waals surface area contributed by atoms with Gasteiger partial charge in [0.15, 0.2) is 11.7 Å². The minimum absolute atomic E-state index is 0.0517. The van der Waals surface area contributed by atoms with Crippen LogP contribution in [0.2, 0.25) is 0 Å². The average Bonchev–Trinajstić information content (AvgIpc) is 3.28. The molecule has 12 heteroatoms. The van der Waals surface area contributed by atoms with Crippen molar-refractivity contribution in [1.29, 1.82) is 0 Å². The highest BCUT2D eigenvalue weighted by Crippen LogP contribution is 2.41. The van der Waals surface area contributed by atoms with Gasteiger partial charge in [0, 0.05) is 17.2 Å². The maximum atomic E-state index is 13.8. The number of hydrogen-bond acceptors (Lipinski definition) is 8. The van der Waals surface area contributed by atoms with E-state index < -0.39 is 63.5 Å². The molecule has 2 unspecified atom stereocenters. The summed E-state index contributed by atoms with van der Waals surface area (Å²) in [5.41, 5.74) is -2.66. The topological polar surface area (TPSA) is 142 Å². The van der Waals surface area contributed by atoms with Crippen LogP contribution >= 0.6 is 0 Å². The number of nitrogens with one attached hydrogen (secondary N) is 1. The monoisotopic (exact) mass is 563 g/mol. The Bertz CT molecular complexity index is 1750. The summed E-state index contributed by atoms with van der Waals surface area (Å²) >= 11 is 0. The Hall–Kier alpha value is -5.39. The Morgan fingerprint density at radius 3 is 2.37 bits per heavy atom. The predicted octanol–water partition coefficient (Wildman–Crippen LogP) is 5.68. The lowest BCUT2D eigenvalue weighted by atomic mass is 9.86. The number of aliphatic hydroxyl groups excluding tert-OH is 1. The molecular formula is C29H18F3N2O7-. The van der Waals surface area contributed by atoms with Crippen molar-refractivity contribution < 1.29 is 42.6 Å². The summed E-state index contributed by atoms with van der Waals surface area (Å²) in [5.74, 6) is -6.05. The summed E-state index contributed by atoms with van der Waals surface area (Å²) in [7, 11) is 0. The Morgan fingerprint density at radius 1 is 0.976 bits per heavy atom. The number of ether oxygens (including phenoxy) is 1. The molecule has 0 saturated carbocycles. The number of ketones is 1. The first kappa shape index (κ1) is 27.2. The molecule has 0 saturated heterocycles. The molecular weight excluding hydrogens is 545 g/mol. The van der Waals surface area contributed by atoms with Gasteiger partial charge in [-0.3, -0.25) is 14.9 Å². The maximum Gasteiger partial charge on any atom is 0.416 e. The SMILES string of the molecule is O=C1OC(C(C(=O)c2ccc3ccccc3c2)C([O-])=C(O)Nc2ccc(C(F)(F)F)cc2[N+](=O)[O-])c2ccccc21. The molecule has 0 aromatic heterocycles. The van der Waals surface area contributed by atoms with Gasteiger partial charge in [0.2, 0.25) is 0 Å². The molecule has 41 heavy (non-hydrogen) atoms. The van der Waals surface area contributed by atoms with Crippen LogP contribution in [0.25, 0.3) is 10.8 Å². The van der Waals surface area contributed by atoms with Crippen molar-refractivity contribution in [2.45, 2.75) is 12.3 Å². The molecule has 4 aromatic rings. The molecule has 208 valence electrons. The number of halogens is 3. The van der Waals surface area contributed by atoms with Gasteiger partial charge in [0.1, 0.15) is 11.8 Å². The van der Waals surface area contributed by atoms with Gasteiger partial charge in [-0.1, -0.05) is 60.4 Å². The lowest BCUT2D eigenvalue weighted by molar-refractivity contribution is -0.384. The number of carbonyl (C=O) groups is 2. The van der Waals surface area contributed by atoms with Gasteiger partial charge in [0.05, 0.1) is 22.0 Å². The molecule has 2 N–H and O–H groups in total. The first-order valence-corrected chi connectivity index (χ1v) is 12.0. The zero-order valence-corrected chi connectivity index (χ0v) is 20.7. The number of carbonyl (C=O) groups excluding carboxylic acids is 2. The van der Waals surface area contributed by atoms with Crippen molar-refractivity contribution in [3.8, 4) is 0 Å². The van der Waals surface area contributed by atoms with Gasteiger partial charge >= 0.3 is 12.1 Å². The van der Waals surface area contributed by atoms with Gasteiger partial charge in [-0.05, 0) is 35.0 Å². The zero-order chi connectivity index (χ0) is 29.5. The summed E-state index contributed by atoms with van der Waals surface area (Å²) in [6.45, 7) is 0. The second kappa shape index (κ2) is 10.3. The Labute approximate surface area is 229 Å². The van der Waals surface area contributed by atoms with Crippen LogP contribution in [-0.2, 0) is 10.9 Å². The third-order valence-corrected chi connectivity index (χ3v) is 6.63. The number of nitro groups is 1. The van der Waals surface area contributed by atoms with E-state index in [0.717, 1.165) is 5.39 Å². The lowest BCUT2D eigenvalue weighted by Gasteiger charge is -2.29. The van der Waals surface area contributed by atoms with Crippen LogP contribution in [-0.4, -0.2) is 21.8 Å². The number of fused-ring (bicyclic) bond motifs is 2.